The van der Waals surface area contributed by atoms with Crippen LogP contribution in [0.5, 0.6) is 0 Å². The second-order valence-electron chi connectivity index (χ2n) is 7.59. The van der Waals surface area contributed by atoms with Gasteiger partial charge in [0.2, 0.25) is 0 Å². The minimum atomic E-state index is -0.681. The quantitative estimate of drug-likeness (QED) is 0.628. The average molecular weight is 429 g/mol. The minimum Gasteiger partial charge on any atom is -0.444 e. The van der Waals surface area contributed by atoms with Gasteiger partial charge < -0.3 is 9.72 Å². The standard InChI is InChI=1S/C21H22FN3O4.C2H6/c1-5-12-10-15-17(11-16(12)22)24-19(27)25(18(15)26)14-8-6-13(7-9-14)23-20(28)29-21(2,3)4;1-2/h6-11H,5H2,1-4H3,(H,23,28)(H,24,27);1-2H3. The Hall–Kier alpha value is -3.42. The van der Waals surface area contributed by atoms with E-state index in [4.69, 9.17) is 4.74 Å². The number of nitrogens with one attached hydrogen (secondary N) is 2. The van der Waals surface area contributed by atoms with Crippen molar-refractivity contribution in [2.24, 2.45) is 0 Å². The number of aromatic amines is 1. The van der Waals surface area contributed by atoms with Gasteiger partial charge in [0.1, 0.15) is 11.4 Å². The molecule has 31 heavy (non-hydrogen) atoms. The van der Waals surface area contributed by atoms with Crippen LogP contribution in [0.15, 0.2) is 46.0 Å². The van der Waals surface area contributed by atoms with Crippen molar-refractivity contribution in [3.05, 3.63) is 68.6 Å². The van der Waals surface area contributed by atoms with Gasteiger partial charge in [0.25, 0.3) is 5.56 Å². The lowest BCUT2D eigenvalue weighted by Crippen LogP contribution is -2.33. The third-order valence-corrected chi connectivity index (χ3v) is 4.22. The number of nitrogens with zero attached hydrogens (tertiary/aromatic N) is 1. The highest BCUT2D eigenvalue weighted by molar-refractivity contribution is 5.85. The number of aromatic nitrogens is 2. The molecule has 2 aromatic carbocycles. The van der Waals surface area contributed by atoms with Gasteiger partial charge in [-0.1, -0.05) is 20.8 Å². The molecule has 1 amide bonds. The maximum Gasteiger partial charge on any atom is 0.412 e. The van der Waals surface area contributed by atoms with E-state index in [1.807, 2.05) is 13.8 Å². The number of fused-ring (bicyclic) bond motifs is 1. The summed E-state index contributed by atoms with van der Waals surface area (Å²) in [4.78, 5) is 39.7. The number of ether oxygens (including phenoxy) is 1. The van der Waals surface area contributed by atoms with Crippen LogP contribution in [0.3, 0.4) is 0 Å². The number of carbonyl (C=O) groups is 1. The van der Waals surface area contributed by atoms with Crippen LogP contribution in [0.1, 0.15) is 47.1 Å². The highest BCUT2D eigenvalue weighted by Gasteiger charge is 2.16. The fourth-order valence-corrected chi connectivity index (χ4v) is 2.90. The van der Waals surface area contributed by atoms with E-state index in [-0.39, 0.29) is 10.9 Å². The molecular formula is C23H28FN3O4. The van der Waals surface area contributed by atoms with Crippen molar-refractivity contribution in [2.75, 3.05) is 5.32 Å². The number of anilines is 1. The van der Waals surface area contributed by atoms with E-state index in [1.165, 1.54) is 18.2 Å². The maximum absolute atomic E-state index is 14.0. The highest BCUT2D eigenvalue weighted by atomic mass is 19.1. The molecule has 0 spiro atoms. The first-order chi connectivity index (χ1) is 14.6. The van der Waals surface area contributed by atoms with E-state index in [2.05, 4.69) is 10.3 Å². The summed E-state index contributed by atoms with van der Waals surface area (Å²) in [6.07, 6.45) is -0.189. The molecule has 0 bridgehead atoms. The van der Waals surface area contributed by atoms with Crippen LogP contribution in [-0.4, -0.2) is 21.2 Å². The zero-order valence-electron chi connectivity index (χ0n) is 18.6. The fraction of sp³-hybridized carbons (Fsp3) is 0.348. The summed E-state index contributed by atoms with van der Waals surface area (Å²) in [5.41, 5.74) is -0.560. The number of aryl methyl sites for hydroxylation is 1. The third-order valence-electron chi connectivity index (χ3n) is 4.22. The van der Waals surface area contributed by atoms with E-state index in [9.17, 15) is 18.8 Å². The van der Waals surface area contributed by atoms with Crippen LogP contribution in [0.4, 0.5) is 14.9 Å². The van der Waals surface area contributed by atoms with Gasteiger partial charge in [-0.05, 0) is 69.2 Å². The van der Waals surface area contributed by atoms with Gasteiger partial charge in [0.05, 0.1) is 16.6 Å². The number of halogens is 1. The molecule has 166 valence electrons. The first-order valence-corrected chi connectivity index (χ1v) is 10.2. The number of carbonyl (C=O) groups excluding carboxylic acids is 1. The predicted octanol–water partition coefficient (Wildman–Crippen LogP) is 4.75. The van der Waals surface area contributed by atoms with Crippen molar-refractivity contribution in [3.8, 4) is 5.69 Å². The summed E-state index contributed by atoms with van der Waals surface area (Å²) in [5.74, 6) is -0.467. The zero-order valence-corrected chi connectivity index (χ0v) is 18.6. The lowest BCUT2D eigenvalue weighted by molar-refractivity contribution is 0.0636. The normalized spacial score (nSPS) is 10.9. The summed E-state index contributed by atoms with van der Waals surface area (Å²) in [5, 5.41) is 2.80. The van der Waals surface area contributed by atoms with Gasteiger partial charge in [-0.2, -0.15) is 0 Å². The molecule has 0 fully saturated rings. The van der Waals surface area contributed by atoms with E-state index in [1.54, 1.807) is 39.8 Å². The fourth-order valence-electron chi connectivity index (χ4n) is 2.90. The minimum absolute atomic E-state index is 0.147. The molecule has 3 aromatic rings. The van der Waals surface area contributed by atoms with Crippen molar-refractivity contribution in [1.29, 1.82) is 0 Å². The number of H-pyrrole nitrogens is 1. The Bertz CT molecular complexity index is 1190. The van der Waals surface area contributed by atoms with Crippen LogP contribution < -0.4 is 16.6 Å². The van der Waals surface area contributed by atoms with Crippen LogP contribution in [-0.2, 0) is 11.2 Å². The van der Waals surface area contributed by atoms with Crippen LogP contribution in [0.25, 0.3) is 16.6 Å². The van der Waals surface area contributed by atoms with Crippen molar-refractivity contribution in [2.45, 2.75) is 53.6 Å². The van der Waals surface area contributed by atoms with Gasteiger partial charge in [0.15, 0.2) is 0 Å². The lowest BCUT2D eigenvalue weighted by Gasteiger charge is -2.19. The smallest absolute Gasteiger partial charge is 0.412 e. The molecule has 0 aliphatic rings. The first kappa shape index (κ1) is 23.9. The third kappa shape index (κ3) is 5.59. The van der Waals surface area contributed by atoms with Crippen molar-refractivity contribution >= 4 is 22.7 Å². The molecule has 0 saturated carbocycles. The van der Waals surface area contributed by atoms with Crippen molar-refractivity contribution < 1.29 is 13.9 Å². The average Bonchev–Trinajstić information content (AvgIpc) is 2.69. The van der Waals surface area contributed by atoms with Gasteiger partial charge in [-0.3, -0.25) is 10.1 Å². The van der Waals surface area contributed by atoms with Crippen LogP contribution in [0.2, 0.25) is 0 Å². The Labute approximate surface area is 179 Å². The van der Waals surface area contributed by atoms with E-state index in [0.29, 0.717) is 23.4 Å². The molecular weight excluding hydrogens is 401 g/mol. The largest absolute Gasteiger partial charge is 0.444 e. The van der Waals surface area contributed by atoms with Gasteiger partial charge in [-0.15, -0.1) is 0 Å². The molecule has 0 aliphatic carbocycles. The van der Waals surface area contributed by atoms with Crippen molar-refractivity contribution in [3.63, 3.8) is 0 Å². The summed E-state index contributed by atoms with van der Waals surface area (Å²) in [6, 6.07) is 8.78. The zero-order chi connectivity index (χ0) is 23.3. The molecule has 1 heterocycles. The summed E-state index contributed by atoms with van der Waals surface area (Å²) < 4.78 is 20.1. The molecule has 8 heteroatoms. The second kappa shape index (κ2) is 9.59. The number of amides is 1. The van der Waals surface area contributed by atoms with Gasteiger partial charge >= 0.3 is 11.8 Å². The van der Waals surface area contributed by atoms with Crippen LogP contribution in [0, 0.1) is 5.82 Å². The molecule has 0 unspecified atom stereocenters. The number of rotatable bonds is 3. The Kier molecular flexibility index (Phi) is 7.38. The van der Waals surface area contributed by atoms with Gasteiger partial charge in [0, 0.05) is 5.69 Å². The van der Waals surface area contributed by atoms with Crippen molar-refractivity contribution in [1.82, 2.24) is 9.55 Å². The molecule has 2 N–H and O–H groups in total. The summed E-state index contributed by atoms with van der Waals surface area (Å²) >= 11 is 0. The maximum atomic E-state index is 14.0. The number of hydrogen-bond acceptors (Lipinski definition) is 4. The van der Waals surface area contributed by atoms with Crippen LogP contribution >= 0.6 is 0 Å². The summed E-state index contributed by atoms with van der Waals surface area (Å²) in [6.45, 7) is 11.0. The van der Waals surface area contributed by atoms with E-state index >= 15 is 0 Å². The Morgan fingerprint density at radius 2 is 1.74 bits per heavy atom. The monoisotopic (exact) mass is 429 g/mol. The van der Waals surface area contributed by atoms with E-state index < -0.39 is 28.8 Å². The number of benzene rings is 2. The van der Waals surface area contributed by atoms with Gasteiger partial charge in [-0.25, -0.2) is 18.5 Å². The Balaban J connectivity index is 0.00000166. The predicted molar refractivity (Wildman–Crippen MR) is 121 cm³/mol. The number of hydrogen-bond donors (Lipinski definition) is 2. The molecule has 0 radical (unpaired) electrons. The molecule has 0 atom stereocenters. The Morgan fingerprint density at radius 1 is 1.13 bits per heavy atom. The van der Waals surface area contributed by atoms with E-state index in [0.717, 1.165) is 10.6 Å². The first-order valence-electron chi connectivity index (χ1n) is 10.2. The molecule has 1 aromatic heterocycles. The lowest BCUT2D eigenvalue weighted by atomic mass is 10.1. The SMILES string of the molecule is CC.CCc1cc2c(=O)n(-c3ccc(NC(=O)OC(C)(C)C)cc3)c(=O)[nH]c2cc1F. The molecule has 3 rings (SSSR count). The topological polar surface area (TPSA) is 93.2 Å². The Morgan fingerprint density at radius 3 is 2.29 bits per heavy atom. The second-order valence-corrected chi connectivity index (χ2v) is 7.59. The molecule has 7 nitrogen and oxygen atoms in total. The summed E-state index contributed by atoms with van der Waals surface area (Å²) in [7, 11) is 0. The molecule has 0 saturated heterocycles. The highest BCUT2D eigenvalue weighted by Crippen LogP contribution is 2.17. The molecule has 0 aliphatic heterocycles.